The smallest absolute Gasteiger partial charge is 0.274 e. The van der Waals surface area contributed by atoms with Gasteiger partial charge in [-0.1, -0.05) is 47.6 Å². The minimum Gasteiger partial charge on any atom is -0.350 e. The van der Waals surface area contributed by atoms with Gasteiger partial charge in [0.15, 0.2) is 0 Å². The van der Waals surface area contributed by atoms with Crippen LogP contribution >= 0.6 is 0 Å². The van der Waals surface area contributed by atoms with E-state index in [-0.39, 0.29) is 23.3 Å². The van der Waals surface area contributed by atoms with Crippen molar-refractivity contribution in [2.75, 3.05) is 26.2 Å². The Hall–Kier alpha value is -2.41. The summed E-state index contributed by atoms with van der Waals surface area (Å²) in [6.07, 6.45) is 4.05. The number of nitrogens with one attached hydrogen (secondary N) is 2. The van der Waals surface area contributed by atoms with Crippen LogP contribution in [0.3, 0.4) is 0 Å². The number of aromatic nitrogens is 2. The van der Waals surface area contributed by atoms with Gasteiger partial charge in [0.2, 0.25) is 0 Å². The minimum absolute atomic E-state index is 0.0745. The van der Waals surface area contributed by atoms with E-state index >= 15 is 0 Å². The first-order valence-corrected chi connectivity index (χ1v) is 12.9. The zero-order chi connectivity index (χ0) is 24.6. The Kier molecular flexibility index (Phi) is 7.04. The Morgan fingerprint density at radius 2 is 2.00 bits per heavy atom. The maximum absolute atomic E-state index is 13.2. The van der Waals surface area contributed by atoms with Gasteiger partial charge in [-0.15, -0.1) is 0 Å². The van der Waals surface area contributed by atoms with Crippen LogP contribution in [0.2, 0.25) is 0 Å². The number of carbonyl (C=O) groups is 2. The molecule has 7 heteroatoms. The van der Waals surface area contributed by atoms with Crippen LogP contribution in [-0.4, -0.2) is 58.3 Å². The van der Waals surface area contributed by atoms with Crippen LogP contribution in [0.25, 0.3) is 5.65 Å². The quantitative estimate of drug-likeness (QED) is 0.700. The molecule has 0 radical (unpaired) electrons. The number of hydrogen-bond donors (Lipinski definition) is 2. The topological polar surface area (TPSA) is 78.7 Å². The molecule has 0 unspecified atom stereocenters. The molecule has 1 aliphatic carbocycles. The summed E-state index contributed by atoms with van der Waals surface area (Å²) in [7, 11) is 0. The van der Waals surface area contributed by atoms with Crippen molar-refractivity contribution < 1.29 is 9.59 Å². The van der Waals surface area contributed by atoms with E-state index in [1.807, 2.05) is 17.0 Å². The van der Waals surface area contributed by atoms with Gasteiger partial charge in [-0.3, -0.25) is 14.0 Å². The summed E-state index contributed by atoms with van der Waals surface area (Å²) in [5.41, 5.74) is 1.79. The van der Waals surface area contributed by atoms with E-state index in [1.54, 1.807) is 16.7 Å². The molecule has 7 nitrogen and oxygen atoms in total. The van der Waals surface area contributed by atoms with E-state index < -0.39 is 0 Å². The van der Waals surface area contributed by atoms with E-state index in [9.17, 15) is 9.59 Å². The average Bonchev–Trinajstić information content (AvgIpc) is 3.26. The van der Waals surface area contributed by atoms with Crippen molar-refractivity contribution in [1.82, 2.24) is 24.9 Å². The number of rotatable bonds is 5. The highest BCUT2D eigenvalue weighted by molar-refractivity contribution is 5.95. The Morgan fingerprint density at radius 3 is 2.74 bits per heavy atom. The molecule has 1 aliphatic heterocycles. The lowest BCUT2D eigenvalue weighted by Crippen LogP contribution is -2.54. The maximum Gasteiger partial charge on any atom is 0.274 e. The summed E-state index contributed by atoms with van der Waals surface area (Å²) in [5.74, 6) is 1.96. The second-order valence-corrected chi connectivity index (χ2v) is 11.4. The number of nitrogens with zero attached hydrogens (tertiary/aromatic N) is 3. The molecule has 2 fully saturated rings. The van der Waals surface area contributed by atoms with Crippen LogP contribution in [0.1, 0.15) is 75.4 Å². The fraction of sp³-hybridized carbons (Fsp3) is 0.667. The third-order valence-electron chi connectivity index (χ3n) is 8.89. The van der Waals surface area contributed by atoms with Crippen LogP contribution in [0.5, 0.6) is 0 Å². The molecule has 2 aromatic heterocycles. The first kappa shape index (κ1) is 24.7. The van der Waals surface area contributed by atoms with Crippen LogP contribution in [0.15, 0.2) is 24.4 Å². The number of hydrogen-bond acceptors (Lipinski definition) is 4. The van der Waals surface area contributed by atoms with Crippen molar-refractivity contribution in [2.24, 2.45) is 29.1 Å². The molecule has 2 amide bonds. The molecule has 2 aliphatic rings. The molecule has 4 atom stereocenters. The highest BCUT2D eigenvalue weighted by atomic mass is 16.2. The largest absolute Gasteiger partial charge is 0.350 e. The van der Waals surface area contributed by atoms with Crippen molar-refractivity contribution in [3.63, 3.8) is 0 Å². The molecule has 34 heavy (non-hydrogen) atoms. The number of pyridine rings is 1. The highest BCUT2D eigenvalue weighted by Gasteiger charge is 2.40. The number of amides is 2. The van der Waals surface area contributed by atoms with E-state index in [4.69, 9.17) is 0 Å². The van der Waals surface area contributed by atoms with Crippen molar-refractivity contribution in [3.05, 3.63) is 35.8 Å². The molecule has 186 valence electrons. The predicted molar refractivity (Wildman–Crippen MR) is 135 cm³/mol. The monoisotopic (exact) mass is 467 g/mol. The summed E-state index contributed by atoms with van der Waals surface area (Å²) in [5, 5.41) is 6.66. The van der Waals surface area contributed by atoms with Gasteiger partial charge in [0.1, 0.15) is 17.0 Å². The molecule has 0 bridgehead atoms. The summed E-state index contributed by atoms with van der Waals surface area (Å²) in [4.78, 5) is 32.8. The third kappa shape index (κ3) is 4.72. The Bertz CT molecular complexity index is 1040. The Balaban J connectivity index is 1.47. The molecule has 0 aromatic carbocycles. The second-order valence-electron chi connectivity index (χ2n) is 11.4. The summed E-state index contributed by atoms with van der Waals surface area (Å²) < 4.78 is 1.75. The molecule has 2 N–H and O–H groups in total. The standard InChI is InChI=1S/C27H41N5O2/c1-17(2)21-15-31(13-12-28-21)26(34)22-16-32-23(8-7-9-24(32)30-22)25(33)29-14-20-11-10-18(3)27(5,6)19(20)4/h7-9,16-21,28H,10-15H2,1-6H3,(H,29,33)/t18-,19+,20+,21-/m1/s1. The van der Waals surface area contributed by atoms with Crippen molar-refractivity contribution in [2.45, 2.75) is 60.4 Å². The van der Waals surface area contributed by atoms with Gasteiger partial charge in [0.05, 0.1) is 0 Å². The van der Waals surface area contributed by atoms with Crippen LogP contribution in [0.4, 0.5) is 0 Å². The van der Waals surface area contributed by atoms with E-state index in [0.717, 1.165) is 13.0 Å². The molecule has 1 saturated heterocycles. The maximum atomic E-state index is 13.2. The molecule has 4 rings (SSSR count). The van der Waals surface area contributed by atoms with Crippen molar-refractivity contribution in [3.8, 4) is 0 Å². The molecule has 0 spiro atoms. The molecule has 3 heterocycles. The number of fused-ring (bicyclic) bond motifs is 1. The van der Waals surface area contributed by atoms with E-state index in [2.05, 4.69) is 57.2 Å². The van der Waals surface area contributed by atoms with E-state index in [0.29, 0.717) is 60.3 Å². The lowest BCUT2D eigenvalue weighted by atomic mass is 9.59. The summed E-state index contributed by atoms with van der Waals surface area (Å²) in [6, 6.07) is 5.76. The van der Waals surface area contributed by atoms with Gasteiger partial charge in [0, 0.05) is 38.4 Å². The van der Waals surface area contributed by atoms with Gasteiger partial charge in [-0.2, -0.15) is 0 Å². The highest BCUT2D eigenvalue weighted by Crippen LogP contribution is 2.47. The van der Waals surface area contributed by atoms with Crippen LogP contribution in [-0.2, 0) is 0 Å². The van der Waals surface area contributed by atoms with Crippen LogP contribution in [0, 0.1) is 29.1 Å². The molecule has 2 aromatic rings. The fourth-order valence-electron chi connectivity index (χ4n) is 5.61. The van der Waals surface area contributed by atoms with Gasteiger partial charge in [0.25, 0.3) is 11.8 Å². The fourth-order valence-corrected chi connectivity index (χ4v) is 5.61. The summed E-state index contributed by atoms with van der Waals surface area (Å²) >= 11 is 0. The lowest BCUT2D eigenvalue weighted by Gasteiger charge is -2.47. The number of carbonyl (C=O) groups excluding carboxylic acids is 2. The number of piperazine rings is 1. The Morgan fingerprint density at radius 1 is 1.24 bits per heavy atom. The van der Waals surface area contributed by atoms with Gasteiger partial charge < -0.3 is 15.5 Å². The predicted octanol–water partition coefficient (Wildman–Crippen LogP) is 3.84. The lowest BCUT2D eigenvalue weighted by molar-refractivity contribution is 0.0324. The minimum atomic E-state index is -0.118. The molecular formula is C27H41N5O2. The SMILES string of the molecule is CC(C)[C@H]1CN(C(=O)c2cn3c(C(=O)NC[C@@H]4CC[C@@H](C)C(C)(C)[C@H]4C)cccc3n2)CCN1. The average molecular weight is 468 g/mol. The summed E-state index contributed by atoms with van der Waals surface area (Å²) in [6.45, 7) is 16.5. The van der Waals surface area contributed by atoms with Gasteiger partial charge >= 0.3 is 0 Å². The van der Waals surface area contributed by atoms with Crippen molar-refractivity contribution in [1.29, 1.82) is 0 Å². The Labute approximate surface area is 203 Å². The third-order valence-corrected chi connectivity index (χ3v) is 8.89. The van der Waals surface area contributed by atoms with Gasteiger partial charge in [-0.25, -0.2) is 4.98 Å². The molecule has 1 saturated carbocycles. The van der Waals surface area contributed by atoms with E-state index in [1.165, 1.54) is 6.42 Å². The number of imidazole rings is 1. The molecular weight excluding hydrogens is 426 g/mol. The van der Waals surface area contributed by atoms with Crippen LogP contribution < -0.4 is 10.6 Å². The first-order chi connectivity index (χ1) is 16.1. The second kappa shape index (κ2) is 9.68. The zero-order valence-electron chi connectivity index (χ0n) is 21.6. The van der Waals surface area contributed by atoms with Gasteiger partial charge in [-0.05, 0) is 54.1 Å². The normalized spacial score (nSPS) is 27.2. The zero-order valence-corrected chi connectivity index (χ0v) is 21.6. The van der Waals surface area contributed by atoms with Crippen molar-refractivity contribution >= 4 is 17.5 Å². The first-order valence-electron chi connectivity index (χ1n) is 12.9.